The van der Waals surface area contributed by atoms with E-state index in [1.165, 1.54) is 0 Å². The standard InChI is InChI=1S/C26H26N8O2/c1-4-36-26(35)33-25-31-22-11-19(10-21(23(22)32-25)24-27-8-5-9-28-24)18-6-7-20(29-12-18)15-34-13-16(2)30-17(3)14-34/h5-12,30H,2-4,13-15H2,1H3,(H2,31,32,33,35). The number of nitrogens with one attached hydrogen (secondary N) is 3. The van der Waals surface area contributed by atoms with Crippen LogP contribution in [0, 0.1) is 0 Å². The maximum Gasteiger partial charge on any atom is 0.413 e. The van der Waals surface area contributed by atoms with E-state index in [0.717, 1.165) is 46.9 Å². The van der Waals surface area contributed by atoms with Crippen LogP contribution in [-0.2, 0) is 11.3 Å². The third-order valence-corrected chi connectivity index (χ3v) is 5.62. The molecule has 0 aliphatic carbocycles. The summed E-state index contributed by atoms with van der Waals surface area (Å²) in [4.78, 5) is 35.4. The Kier molecular flexibility index (Phi) is 6.42. The van der Waals surface area contributed by atoms with Gasteiger partial charge in [-0.15, -0.1) is 0 Å². The molecule has 0 saturated carbocycles. The number of carbonyl (C=O) groups is 1. The average Bonchev–Trinajstić information content (AvgIpc) is 3.26. The van der Waals surface area contributed by atoms with Gasteiger partial charge in [0.2, 0.25) is 5.95 Å². The van der Waals surface area contributed by atoms with Gasteiger partial charge in [-0.25, -0.2) is 19.7 Å². The molecule has 4 aromatic rings. The molecule has 0 atom stereocenters. The minimum Gasteiger partial charge on any atom is -0.450 e. The fourth-order valence-corrected chi connectivity index (χ4v) is 4.17. The predicted molar refractivity (Wildman–Crippen MR) is 138 cm³/mol. The zero-order valence-electron chi connectivity index (χ0n) is 19.9. The van der Waals surface area contributed by atoms with Crippen LogP contribution in [0.2, 0.25) is 0 Å². The normalized spacial score (nSPS) is 14.0. The number of imidazole rings is 1. The molecule has 3 N–H and O–H groups in total. The van der Waals surface area contributed by atoms with Crippen LogP contribution in [0.5, 0.6) is 0 Å². The van der Waals surface area contributed by atoms with Crippen LogP contribution >= 0.6 is 0 Å². The lowest BCUT2D eigenvalue weighted by Gasteiger charge is -2.30. The Labute approximate surface area is 208 Å². The summed E-state index contributed by atoms with van der Waals surface area (Å²) in [7, 11) is 0. The number of rotatable bonds is 6. The van der Waals surface area contributed by atoms with Crippen LogP contribution in [0.15, 0.2) is 73.5 Å². The molecule has 10 nitrogen and oxygen atoms in total. The first kappa shape index (κ1) is 23.2. The second kappa shape index (κ2) is 9.96. The minimum absolute atomic E-state index is 0.264. The quantitative estimate of drug-likeness (QED) is 0.376. The molecular formula is C26H26N8O2. The number of nitrogens with zero attached hydrogens (tertiary/aromatic N) is 5. The van der Waals surface area contributed by atoms with E-state index in [0.29, 0.717) is 23.4 Å². The van der Waals surface area contributed by atoms with Gasteiger partial charge >= 0.3 is 6.09 Å². The topological polar surface area (TPSA) is 121 Å². The summed E-state index contributed by atoms with van der Waals surface area (Å²) in [5.41, 5.74) is 6.77. The van der Waals surface area contributed by atoms with E-state index in [9.17, 15) is 4.79 Å². The number of H-pyrrole nitrogens is 1. The van der Waals surface area contributed by atoms with Crippen molar-refractivity contribution < 1.29 is 9.53 Å². The molecule has 1 aliphatic rings. The van der Waals surface area contributed by atoms with E-state index in [2.05, 4.69) is 48.6 Å². The highest BCUT2D eigenvalue weighted by Gasteiger charge is 2.17. The lowest BCUT2D eigenvalue weighted by Crippen LogP contribution is -2.39. The number of hydrogen-bond acceptors (Lipinski definition) is 8. The fourth-order valence-electron chi connectivity index (χ4n) is 4.17. The molecule has 1 saturated heterocycles. The Bertz CT molecular complexity index is 1410. The van der Waals surface area contributed by atoms with Crippen molar-refractivity contribution in [2.45, 2.75) is 13.5 Å². The van der Waals surface area contributed by atoms with Crippen LogP contribution in [0.1, 0.15) is 12.6 Å². The number of anilines is 1. The molecule has 0 radical (unpaired) electrons. The molecule has 0 bridgehead atoms. The number of hydrogen-bond donors (Lipinski definition) is 3. The second-order valence-corrected chi connectivity index (χ2v) is 8.44. The van der Waals surface area contributed by atoms with E-state index >= 15 is 0 Å². The van der Waals surface area contributed by atoms with Gasteiger partial charge in [0.05, 0.1) is 23.3 Å². The van der Waals surface area contributed by atoms with Crippen molar-refractivity contribution in [3.63, 3.8) is 0 Å². The fraction of sp³-hybridized carbons (Fsp3) is 0.192. The third-order valence-electron chi connectivity index (χ3n) is 5.62. The number of aromatic nitrogens is 5. The summed E-state index contributed by atoms with van der Waals surface area (Å²) in [5, 5.41) is 5.80. The molecule has 1 amide bonds. The summed E-state index contributed by atoms with van der Waals surface area (Å²) in [6.07, 6.45) is 4.64. The number of amides is 1. The highest BCUT2D eigenvalue weighted by Crippen LogP contribution is 2.32. The number of aromatic amines is 1. The van der Waals surface area contributed by atoms with Crippen molar-refractivity contribution >= 4 is 23.1 Å². The Balaban J connectivity index is 1.47. The molecule has 0 spiro atoms. The molecule has 10 heteroatoms. The Morgan fingerprint density at radius 2 is 1.89 bits per heavy atom. The third kappa shape index (κ3) is 5.08. The maximum atomic E-state index is 11.9. The number of fused-ring (bicyclic) bond motifs is 1. The number of ether oxygens (including phenoxy) is 1. The van der Waals surface area contributed by atoms with Gasteiger partial charge in [-0.1, -0.05) is 19.2 Å². The SMILES string of the molecule is C=C1CN(Cc2ccc(-c3cc(-c4ncccn4)c4[nH]c(NC(=O)OCC)nc4c3)cn2)CC(=C)N1. The average molecular weight is 483 g/mol. The van der Waals surface area contributed by atoms with E-state index < -0.39 is 6.09 Å². The molecule has 1 aromatic carbocycles. The second-order valence-electron chi connectivity index (χ2n) is 8.44. The molecule has 1 fully saturated rings. The molecule has 3 aromatic heterocycles. The number of benzene rings is 1. The van der Waals surface area contributed by atoms with Crippen molar-refractivity contribution in [1.29, 1.82) is 0 Å². The molecule has 4 heterocycles. The van der Waals surface area contributed by atoms with Gasteiger partial charge in [-0.05, 0) is 36.8 Å². The van der Waals surface area contributed by atoms with Crippen LogP contribution < -0.4 is 10.6 Å². The summed E-state index contributed by atoms with van der Waals surface area (Å²) in [6.45, 7) is 12.2. The van der Waals surface area contributed by atoms with Gasteiger partial charge in [0.15, 0.2) is 5.82 Å². The lowest BCUT2D eigenvalue weighted by molar-refractivity contribution is 0.167. The molecular weight excluding hydrogens is 456 g/mol. The molecule has 182 valence electrons. The Morgan fingerprint density at radius 1 is 1.11 bits per heavy atom. The van der Waals surface area contributed by atoms with Crippen LogP contribution in [-0.4, -0.2) is 55.6 Å². The largest absolute Gasteiger partial charge is 0.450 e. The zero-order valence-corrected chi connectivity index (χ0v) is 19.9. The predicted octanol–water partition coefficient (Wildman–Crippen LogP) is 4.08. The molecule has 0 unspecified atom stereocenters. The van der Waals surface area contributed by atoms with Gasteiger partial charge < -0.3 is 15.0 Å². The van der Waals surface area contributed by atoms with E-state index in [1.807, 2.05) is 30.5 Å². The number of pyridine rings is 1. The van der Waals surface area contributed by atoms with Gasteiger partial charge in [0.25, 0.3) is 0 Å². The monoisotopic (exact) mass is 482 g/mol. The highest BCUT2D eigenvalue weighted by atomic mass is 16.5. The van der Waals surface area contributed by atoms with Crippen LogP contribution in [0.4, 0.5) is 10.7 Å². The summed E-state index contributed by atoms with van der Waals surface area (Å²) >= 11 is 0. The summed E-state index contributed by atoms with van der Waals surface area (Å²) in [6, 6.07) is 9.75. The minimum atomic E-state index is -0.578. The van der Waals surface area contributed by atoms with Crippen LogP contribution in [0.3, 0.4) is 0 Å². The van der Waals surface area contributed by atoms with E-state index in [-0.39, 0.29) is 12.6 Å². The Morgan fingerprint density at radius 3 is 2.58 bits per heavy atom. The summed E-state index contributed by atoms with van der Waals surface area (Å²) < 4.78 is 4.97. The Hall–Kier alpha value is -4.57. The van der Waals surface area contributed by atoms with Gasteiger partial charge in [-0.3, -0.25) is 15.2 Å². The van der Waals surface area contributed by atoms with Crippen molar-refractivity contribution in [2.24, 2.45) is 0 Å². The first-order valence-electron chi connectivity index (χ1n) is 11.5. The molecule has 5 rings (SSSR count). The van der Waals surface area contributed by atoms with Gasteiger partial charge in [0.1, 0.15) is 0 Å². The van der Waals surface area contributed by atoms with Crippen molar-refractivity contribution in [3.05, 3.63) is 79.2 Å². The van der Waals surface area contributed by atoms with E-state index in [4.69, 9.17) is 9.72 Å². The lowest BCUT2D eigenvalue weighted by atomic mass is 10.0. The first-order valence-corrected chi connectivity index (χ1v) is 11.5. The zero-order chi connectivity index (χ0) is 25.1. The molecule has 1 aliphatic heterocycles. The smallest absolute Gasteiger partial charge is 0.413 e. The highest BCUT2D eigenvalue weighted by molar-refractivity contribution is 5.96. The maximum absolute atomic E-state index is 11.9. The number of piperazine rings is 1. The van der Waals surface area contributed by atoms with Crippen molar-refractivity contribution in [2.75, 3.05) is 25.0 Å². The van der Waals surface area contributed by atoms with E-state index in [1.54, 1.807) is 25.4 Å². The van der Waals surface area contributed by atoms with Gasteiger partial charge in [0, 0.05) is 60.7 Å². The van der Waals surface area contributed by atoms with Gasteiger partial charge in [-0.2, -0.15) is 0 Å². The van der Waals surface area contributed by atoms with Crippen LogP contribution in [0.25, 0.3) is 33.5 Å². The van der Waals surface area contributed by atoms with Crippen molar-refractivity contribution in [3.8, 4) is 22.5 Å². The number of carbonyl (C=O) groups excluding carboxylic acids is 1. The first-order chi connectivity index (χ1) is 17.5. The molecule has 36 heavy (non-hydrogen) atoms. The van der Waals surface area contributed by atoms with Crippen molar-refractivity contribution in [1.82, 2.24) is 35.1 Å². The summed E-state index contributed by atoms with van der Waals surface area (Å²) in [5.74, 6) is 0.824.